The minimum absolute atomic E-state index is 0.0887. The zero-order valence-electron chi connectivity index (χ0n) is 15.0. The molecule has 0 aromatic carbocycles. The highest BCUT2D eigenvalue weighted by Gasteiger charge is 2.19. The Hall–Kier alpha value is -2.74. The third kappa shape index (κ3) is 3.71. The first-order valence-electron chi connectivity index (χ1n) is 8.97. The Kier molecular flexibility index (Phi) is 4.89. The average Bonchev–Trinajstić information content (AvgIpc) is 3.06. The molecule has 0 spiro atoms. The highest BCUT2D eigenvalue weighted by molar-refractivity contribution is 7.18. The first kappa shape index (κ1) is 17.7. The fourth-order valence-electron chi connectivity index (χ4n) is 3.36. The number of aryl methyl sites for hydroxylation is 3. The molecule has 0 fully saturated rings. The summed E-state index contributed by atoms with van der Waals surface area (Å²) in [4.78, 5) is 38.3. The molecule has 0 saturated heterocycles. The number of hydrogen-bond donors (Lipinski definition) is 2. The highest BCUT2D eigenvalue weighted by atomic mass is 32.1. The van der Waals surface area contributed by atoms with Crippen LogP contribution in [0, 0.1) is 0 Å². The van der Waals surface area contributed by atoms with Crippen LogP contribution in [0.5, 0.6) is 5.88 Å². The second-order valence-electron chi connectivity index (χ2n) is 6.54. The third-order valence-electron chi connectivity index (χ3n) is 4.69. The molecule has 2 N–H and O–H groups in total. The van der Waals surface area contributed by atoms with Crippen molar-refractivity contribution in [1.29, 1.82) is 0 Å². The zero-order valence-corrected chi connectivity index (χ0v) is 15.8. The number of ether oxygens (including phenoxy) is 1. The first-order chi connectivity index (χ1) is 13.1. The van der Waals surface area contributed by atoms with E-state index in [1.807, 2.05) is 0 Å². The molecule has 0 bridgehead atoms. The Morgan fingerprint density at radius 1 is 1.33 bits per heavy atom. The molecular formula is C19H20N4O3S. The van der Waals surface area contributed by atoms with Crippen LogP contribution < -0.4 is 15.6 Å². The number of thiophene rings is 1. The minimum Gasteiger partial charge on any atom is -0.481 e. The summed E-state index contributed by atoms with van der Waals surface area (Å²) in [7, 11) is 1.54. The van der Waals surface area contributed by atoms with Crippen molar-refractivity contribution in [2.75, 3.05) is 12.4 Å². The van der Waals surface area contributed by atoms with Gasteiger partial charge in [0.25, 0.3) is 5.56 Å². The van der Waals surface area contributed by atoms with Crippen molar-refractivity contribution in [3.8, 4) is 5.88 Å². The number of carbonyl (C=O) groups is 1. The Labute approximate surface area is 159 Å². The van der Waals surface area contributed by atoms with Crippen LogP contribution in [0.2, 0.25) is 0 Å². The van der Waals surface area contributed by atoms with E-state index in [1.54, 1.807) is 29.7 Å². The van der Waals surface area contributed by atoms with Crippen LogP contribution in [-0.4, -0.2) is 28.0 Å². The number of anilines is 1. The van der Waals surface area contributed by atoms with Gasteiger partial charge in [-0.3, -0.25) is 9.59 Å². The summed E-state index contributed by atoms with van der Waals surface area (Å²) in [6.07, 6.45) is 6.43. The number of nitrogens with one attached hydrogen (secondary N) is 2. The Morgan fingerprint density at radius 3 is 2.96 bits per heavy atom. The molecule has 0 radical (unpaired) electrons. The van der Waals surface area contributed by atoms with Crippen molar-refractivity contribution in [2.45, 2.75) is 38.5 Å². The smallest absolute Gasteiger partial charge is 0.259 e. The van der Waals surface area contributed by atoms with Crippen LogP contribution in [-0.2, 0) is 24.1 Å². The number of H-pyrrole nitrogens is 1. The number of nitrogens with zero attached hydrogens (tertiary/aromatic N) is 2. The lowest BCUT2D eigenvalue weighted by atomic mass is 9.97. The third-order valence-corrected chi connectivity index (χ3v) is 5.88. The normalized spacial score (nSPS) is 13.4. The number of hydrogen-bond acceptors (Lipinski definition) is 6. The van der Waals surface area contributed by atoms with Crippen LogP contribution in [0.15, 0.2) is 23.1 Å². The van der Waals surface area contributed by atoms with Crippen LogP contribution in [0.3, 0.4) is 0 Å². The maximum absolute atomic E-state index is 12.5. The van der Waals surface area contributed by atoms with Gasteiger partial charge in [-0.1, -0.05) is 0 Å². The van der Waals surface area contributed by atoms with Crippen LogP contribution >= 0.6 is 11.3 Å². The van der Waals surface area contributed by atoms with Gasteiger partial charge < -0.3 is 15.0 Å². The van der Waals surface area contributed by atoms with E-state index in [-0.39, 0.29) is 17.9 Å². The van der Waals surface area contributed by atoms with E-state index in [0.717, 1.165) is 29.5 Å². The lowest BCUT2D eigenvalue weighted by Gasteiger charge is -2.09. The highest BCUT2D eigenvalue weighted by Crippen LogP contribution is 2.33. The van der Waals surface area contributed by atoms with Crippen LogP contribution in [0.4, 0.5) is 5.69 Å². The van der Waals surface area contributed by atoms with Gasteiger partial charge in [0.15, 0.2) is 0 Å². The molecule has 7 nitrogen and oxygen atoms in total. The summed E-state index contributed by atoms with van der Waals surface area (Å²) < 4.78 is 4.99. The lowest BCUT2D eigenvalue weighted by molar-refractivity contribution is -0.116. The van der Waals surface area contributed by atoms with E-state index >= 15 is 0 Å². The van der Waals surface area contributed by atoms with E-state index in [9.17, 15) is 9.59 Å². The zero-order chi connectivity index (χ0) is 18.8. The summed E-state index contributed by atoms with van der Waals surface area (Å²) in [6.45, 7) is 0. The minimum atomic E-state index is -0.157. The quantitative estimate of drug-likeness (QED) is 0.705. The van der Waals surface area contributed by atoms with Crippen molar-refractivity contribution in [1.82, 2.24) is 15.0 Å². The molecule has 1 amide bonds. The monoisotopic (exact) mass is 384 g/mol. The molecule has 3 aromatic rings. The summed E-state index contributed by atoms with van der Waals surface area (Å²) in [5.74, 6) is 0.881. The number of methoxy groups -OCH3 is 1. The second kappa shape index (κ2) is 7.48. The average molecular weight is 384 g/mol. The van der Waals surface area contributed by atoms with Gasteiger partial charge in [0.2, 0.25) is 11.8 Å². The molecule has 8 heteroatoms. The molecule has 140 valence electrons. The van der Waals surface area contributed by atoms with E-state index in [0.29, 0.717) is 23.8 Å². The SMILES string of the molecule is COc1ccc(NC(=O)CCc2nc3sc4c(c3c(=O)[nH]2)CCCC4)cn1. The fourth-order valence-corrected chi connectivity index (χ4v) is 4.64. The Bertz CT molecular complexity index is 1040. The van der Waals surface area contributed by atoms with Gasteiger partial charge in [-0.25, -0.2) is 9.97 Å². The number of pyridine rings is 1. The summed E-state index contributed by atoms with van der Waals surface area (Å²) in [6, 6.07) is 3.41. The van der Waals surface area contributed by atoms with Gasteiger partial charge in [0, 0.05) is 23.8 Å². The number of rotatable bonds is 5. The number of aromatic amines is 1. The Morgan fingerprint density at radius 2 is 2.19 bits per heavy atom. The van der Waals surface area contributed by atoms with Gasteiger partial charge in [0.1, 0.15) is 10.7 Å². The summed E-state index contributed by atoms with van der Waals surface area (Å²) >= 11 is 1.62. The van der Waals surface area contributed by atoms with Crippen molar-refractivity contribution in [2.24, 2.45) is 0 Å². The molecular weight excluding hydrogens is 364 g/mol. The molecule has 0 saturated carbocycles. The number of fused-ring (bicyclic) bond motifs is 3. The molecule has 3 heterocycles. The van der Waals surface area contributed by atoms with E-state index in [4.69, 9.17) is 4.74 Å². The predicted octanol–water partition coefficient (Wildman–Crippen LogP) is 2.84. The number of amides is 1. The maximum atomic E-state index is 12.5. The van der Waals surface area contributed by atoms with E-state index < -0.39 is 0 Å². The predicted molar refractivity (Wildman–Crippen MR) is 105 cm³/mol. The number of carbonyl (C=O) groups excluding carboxylic acids is 1. The molecule has 0 aliphatic heterocycles. The first-order valence-corrected chi connectivity index (χ1v) is 9.79. The molecule has 4 rings (SSSR count). The Balaban J connectivity index is 1.45. The number of aromatic nitrogens is 3. The van der Waals surface area contributed by atoms with Gasteiger partial charge in [-0.2, -0.15) is 0 Å². The van der Waals surface area contributed by atoms with E-state index in [2.05, 4.69) is 20.3 Å². The second-order valence-corrected chi connectivity index (χ2v) is 7.62. The van der Waals surface area contributed by atoms with Crippen LogP contribution in [0.1, 0.15) is 35.5 Å². The molecule has 3 aromatic heterocycles. The van der Waals surface area contributed by atoms with E-state index in [1.165, 1.54) is 24.0 Å². The summed E-state index contributed by atoms with van der Waals surface area (Å²) in [5.41, 5.74) is 1.68. The molecule has 1 aliphatic rings. The summed E-state index contributed by atoms with van der Waals surface area (Å²) in [5, 5.41) is 3.52. The standard InChI is InChI=1S/C19H20N4O3S/c1-26-16-9-6-11(10-20-16)21-15(24)8-7-14-22-18(25)17-12-4-2-3-5-13(12)27-19(17)23-14/h6,9-10H,2-5,7-8H2,1H3,(H,21,24)(H,22,23,25). The van der Waals surface area contributed by atoms with Gasteiger partial charge in [0.05, 0.1) is 24.4 Å². The van der Waals surface area contributed by atoms with Crippen LogP contribution in [0.25, 0.3) is 10.2 Å². The van der Waals surface area contributed by atoms with Crippen molar-refractivity contribution in [3.63, 3.8) is 0 Å². The molecule has 0 atom stereocenters. The van der Waals surface area contributed by atoms with Gasteiger partial charge in [-0.15, -0.1) is 11.3 Å². The molecule has 0 unspecified atom stereocenters. The van der Waals surface area contributed by atoms with Gasteiger partial charge in [-0.05, 0) is 37.3 Å². The van der Waals surface area contributed by atoms with Crippen molar-refractivity contribution >= 4 is 33.1 Å². The lowest BCUT2D eigenvalue weighted by Crippen LogP contribution is -2.16. The maximum Gasteiger partial charge on any atom is 0.259 e. The molecule has 27 heavy (non-hydrogen) atoms. The largest absolute Gasteiger partial charge is 0.481 e. The van der Waals surface area contributed by atoms with Crippen molar-refractivity contribution < 1.29 is 9.53 Å². The topological polar surface area (TPSA) is 97.0 Å². The molecule has 1 aliphatic carbocycles. The fraction of sp³-hybridized carbons (Fsp3) is 0.368. The van der Waals surface area contributed by atoms with Crippen molar-refractivity contribution in [3.05, 3.63) is 44.9 Å². The van der Waals surface area contributed by atoms with Gasteiger partial charge >= 0.3 is 0 Å².